The number of nitrogens with one attached hydrogen (secondary N) is 1. The average molecular weight is 349 g/mol. The molecular formula is C17H21BrN2O. The third-order valence-electron chi connectivity index (χ3n) is 4.41. The second kappa shape index (κ2) is 5.98. The number of aryl methyl sites for hydroxylation is 1. The molecule has 0 radical (unpaired) electrons. The van der Waals surface area contributed by atoms with E-state index in [1.165, 1.54) is 18.4 Å². The summed E-state index contributed by atoms with van der Waals surface area (Å²) < 4.78 is 7.24. The lowest BCUT2D eigenvalue weighted by Crippen LogP contribution is -2.18. The Morgan fingerprint density at radius 1 is 1.43 bits per heavy atom. The first-order valence-corrected chi connectivity index (χ1v) is 8.43. The van der Waals surface area contributed by atoms with E-state index in [0.29, 0.717) is 19.1 Å². The Morgan fingerprint density at radius 3 is 2.81 bits per heavy atom. The van der Waals surface area contributed by atoms with Crippen LogP contribution in [-0.2, 0) is 6.54 Å². The maximum absolute atomic E-state index is 8.92. The van der Waals surface area contributed by atoms with Crippen molar-refractivity contribution in [2.45, 2.75) is 51.6 Å². The van der Waals surface area contributed by atoms with Crippen molar-refractivity contribution < 1.29 is 4.74 Å². The predicted molar refractivity (Wildman–Crippen MR) is 86.1 cm³/mol. The van der Waals surface area contributed by atoms with Crippen LogP contribution in [0.5, 0.6) is 5.75 Å². The first-order valence-electron chi connectivity index (χ1n) is 7.64. The van der Waals surface area contributed by atoms with Gasteiger partial charge in [0.05, 0.1) is 12.7 Å². The fourth-order valence-electron chi connectivity index (χ4n) is 2.62. The minimum Gasteiger partial charge on any atom is -0.492 e. The van der Waals surface area contributed by atoms with Crippen LogP contribution in [0.25, 0.3) is 0 Å². The third-order valence-corrected chi connectivity index (χ3v) is 4.87. The zero-order chi connectivity index (χ0) is 14.9. The number of nitriles is 1. The number of benzene rings is 1. The molecule has 1 aromatic carbocycles. The summed E-state index contributed by atoms with van der Waals surface area (Å²) >= 11 is 3.57. The molecule has 0 aromatic heterocycles. The first-order chi connectivity index (χ1) is 10.1. The maximum Gasteiger partial charge on any atom is 0.126 e. The molecule has 0 heterocycles. The van der Waals surface area contributed by atoms with E-state index in [2.05, 4.69) is 46.4 Å². The van der Waals surface area contributed by atoms with Crippen molar-refractivity contribution in [1.29, 1.82) is 5.26 Å². The van der Waals surface area contributed by atoms with E-state index >= 15 is 0 Å². The zero-order valence-corrected chi connectivity index (χ0v) is 14.0. The highest BCUT2D eigenvalue weighted by Gasteiger charge is 2.43. The van der Waals surface area contributed by atoms with Crippen molar-refractivity contribution >= 4 is 15.9 Å². The van der Waals surface area contributed by atoms with Gasteiger partial charge in [0.25, 0.3) is 0 Å². The lowest BCUT2D eigenvalue weighted by Gasteiger charge is -2.18. The SMILES string of the molecule is Cc1cc(Br)cc(CNC2CC2)c1OCC1(CC#N)CC1. The molecule has 2 saturated carbocycles. The maximum atomic E-state index is 8.92. The molecule has 21 heavy (non-hydrogen) atoms. The summed E-state index contributed by atoms with van der Waals surface area (Å²) in [4.78, 5) is 0. The molecule has 3 rings (SSSR count). The molecule has 0 unspecified atom stereocenters. The lowest BCUT2D eigenvalue weighted by atomic mass is 10.0. The van der Waals surface area contributed by atoms with Gasteiger partial charge in [0, 0.05) is 34.5 Å². The van der Waals surface area contributed by atoms with Crippen LogP contribution < -0.4 is 10.1 Å². The molecule has 4 heteroatoms. The van der Waals surface area contributed by atoms with Crippen LogP contribution >= 0.6 is 15.9 Å². The molecule has 0 bridgehead atoms. The van der Waals surface area contributed by atoms with Gasteiger partial charge in [0.1, 0.15) is 5.75 Å². The molecule has 3 nitrogen and oxygen atoms in total. The fourth-order valence-corrected chi connectivity index (χ4v) is 3.24. The summed E-state index contributed by atoms with van der Waals surface area (Å²) in [5, 5.41) is 12.5. The topological polar surface area (TPSA) is 45.0 Å². The van der Waals surface area contributed by atoms with Crippen LogP contribution in [0.2, 0.25) is 0 Å². The normalized spacial score (nSPS) is 19.1. The van der Waals surface area contributed by atoms with Crippen LogP contribution in [0.1, 0.15) is 43.2 Å². The fraction of sp³-hybridized carbons (Fsp3) is 0.588. The highest BCUT2D eigenvalue weighted by atomic mass is 79.9. The van der Waals surface area contributed by atoms with Crippen LogP contribution in [-0.4, -0.2) is 12.6 Å². The number of hydrogen-bond acceptors (Lipinski definition) is 3. The van der Waals surface area contributed by atoms with Crippen LogP contribution in [0, 0.1) is 23.7 Å². The Balaban J connectivity index is 1.71. The molecule has 2 aliphatic rings. The van der Waals surface area contributed by atoms with Crippen LogP contribution in [0.15, 0.2) is 16.6 Å². The molecule has 1 aromatic rings. The van der Waals surface area contributed by atoms with Crippen molar-refractivity contribution in [2.75, 3.05) is 6.61 Å². The largest absolute Gasteiger partial charge is 0.492 e. The minimum atomic E-state index is 0.120. The highest BCUT2D eigenvalue weighted by Crippen LogP contribution is 2.49. The van der Waals surface area contributed by atoms with E-state index < -0.39 is 0 Å². The van der Waals surface area contributed by atoms with Gasteiger partial charge in [-0.15, -0.1) is 0 Å². The zero-order valence-electron chi connectivity index (χ0n) is 12.4. The summed E-state index contributed by atoms with van der Waals surface area (Å²) in [6.07, 6.45) is 5.42. The Labute approximate surface area is 134 Å². The molecule has 2 aliphatic carbocycles. The molecule has 0 saturated heterocycles. The van der Waals surface area contributed by atoms with Gasteiger partial charge < -0.3 is 10.1 Å². The first kappa shape index (κ1) is 14.9. The van der Waals surface area contributed by atoms with Crippen molar-refractivity contribution in [3.63, 3.8) is 0 Å². The number of rotatable bonds is 7. The van der Waals surface area contributed by atoms with Crippen molar-refractivity contribution in [2.24, 2.45) is 5.41 Å². The number of ether oxygens (including phenoxy) is 1. The number of halogens is 1. The number of hydrogen-bond donors (Lipinski definition) is 1. The van der Waals surface area contributed by atoms with Gasteiger partial charge in [0.2, 0.25) is 0 Å². The highest BCUT2D eigenvalue weighted by molar-refractivity contribution is 9.10. The summed E-state index contributed by atoms with van der Waals surface area (Å²) in [6, 6.07) is 7.22. The van der Waals surface area contributed by atoms with Gasteiger partial charge in [-0.2, -0.15) is 5.26 Å². The molecule has 0 atom stereocenters. The second-order valence-electron chi connectivity index (χ2n) is 6.49. The Kier molecular flexibility index (Phi) is 4.24. The Bertz CT molecular complexity index is 571. The third kappa shape index (κ3) is 3.78. The van der Waals surface area contributed by atoms with E-state index in [0.717, 1.165) is 35.2 Å². The summed E-state index contributed by atoms with van der Waals surface area (Å²) in [7, 11) is 0. The predicted octanol–water partition coefficient (Wildman–Crippen LogP) is 4.08. The van der Waals surface area contributed by atoms with E-state index in [9.17, 15) is 0 Å². The molecule has 2 fully saturated rings. The van der Waals surface area contributed by atoms with Crippen molar-refractivity contribution in [3.8, 4) is 11.8 Å². The average Bonchev–Trinajstić information content (AvgIpc) is 3.32. The van der Waals surface area contributed by atoms with Gasteiger partial charge in [-0.25, -0.2) is 0 Å². The van der Waals surface area contributed by atoms with Gasteiger partial charge in [-0.1, -0.05) is 15.9 Å². The molecule has 0 aliphatic heterocycles. The molecule has 112 valence electrons. The quantitative estimate of drug-likeness (QED) is 0.807. The molecule has 0 spiro atoms. The molecule has 0 amide bonds. The van der Waals surface area contributed by atoms with Crippen molar-refractivity contribution in [3.05, 3.63) is 27.7 Å². The summed E-state index contributed by atoms with van der Waals surface area (Å²) in [6.45, 7) is 3.61. The van der Waals surface area contributed by atoms with Gasteiger partial charge >= 0.3 is 0 Å². The van der Waals surface area contributed by atoms with Gasteiger partial charge in [-0.05, 0) is 50.3 Å². The van der Waals surface area contributed by atoms with Crippen LogP contribution in [0.4, 0.5) is 0 Å². The summed E-state index contributed by atoms with van der Waals surface area (Å²) in [5.41, 5.74) is 2.49. The monoisotopic (exact) mass is 348 g/mol. The van der Waals surface area contributed by atoms with E-state index in [-0.39, 0.29) is 5.41 Å². The molecular weight excluding hydrogens is 328 g/mol. The smallest absolute Gasteiger partial charge is 0.126 e. The second-order valence-corrected chi connectivity index (χ2v) is 7.41. The Morgan fingerprint density at radius 2 is 2.19 bits per heavy atom. The Hall–Kier alpha value is -1.05. The molecule has 1 N–H and O–H groups in total. The number of nitrogens with zero attached hydrogens (tertiary/aromatic N) is 1. The van der Waals surface area contributed by atoms with Crippen LogP contribution in [0.3, 0.4) is 0 Å². The van der Waals surface area contributed by atoms with Crippen molar-refractivity contribution in [1.82, 2.24) is 5.32 Å². The minimum absolute atomic E-state index is 0.120. The van der Waals surface area contributed by atoms with E-state index in [1.807, 2.05) is 0 Å². The van der Waals surface area contributed by atoms with E-state index in [4.69, 9.17) is 10.00 Å². The van der Waals surface area contributed by atoms with E-state index in [1.54, 1.807) is 0 Å². The van der Waals surface area contributed by atoms with Gasteiger partial charge in [-0.3, -0.25) is 0 Å². The lowest BCUT2D eigenvalue weighted by molar-refractivity contribution is 0.233. The van der Waals surface area contributed by atoms with Gasteiger partial charge in [0.15, 0.2) is 0 Å². The standard InChI is InChI=1S/C17H21BrN2O/c1-12-8-14(18)9-13(10-20-15-2-3-15)16(12)21-11-17(4-5-17)6-7-19/h8-9,15,20H,2-6,10-11H2,1H3. The summed E-state index contributed by atoms with van der Waals surface area (Å²) in [5.74, 6) is 0.996.